The number of rotatable bonds is 3. The first kappa shape index (κ1) is 15.6. The number of carbonyl (C=O) groups excluding carboxylic acids is 1. The number of benzene rings is 1. The molecule has 0 saturated carbocycles. The van der Waals surface area contributed by atoms with Gasteiger partial charge in [-0.3, -0.25) is 9.59 Å². The molecule has 1 aromatic carbocycles. The zero-order valence-corrected chi connectivity index (χ0v) is 13.5. The molecule has 1 saturated heterocycles. The average molecular weight is 333 g/mol. The molecule has 7 heteroatoms. The smallest absolute Gasteiger partial charge is 0.292 e. The van der Waals surface area contributed by atoms with Gasteiger partial charge in [0.25, 0.3) is 5.56 Å². The van der Waals surface area contributed by atoms with Gasteiger partial charge in [0, 0.05) is 25.7 Å². The highest BCUT2D eigenvalue weighted by Gasteiger charge is 2.19. The summed E-state index contributed by atoms with van der Waals surface area (Å²) in [5.74, 6) is 0.140. The van der Waals surface area contributed by atoms with E-state index in [4.69, 9.17) is 11.6 Å². The number of nitrogens with one attached hydrogen (secondary N) is 1. The molecule has 2 aromatic rings. The summed E-state index contributed by atoms with van der Waals surface area (Å²) in [6.07, 6.45) is 4.05. The zero-order valence-electron chi connectivity index (χ0n) is 12.8. The number of amides is 1. The Labute approximate surface area is 138 Å². The summed E-state index contributed by atoms with van der Waals surface area (Å²) in [5, 5.41) is 7.03. The van der Waals surface area contributed by atoms with Gasteiger partial charge in [0.1, 0.15) is 5.02 Å². The molecule has 0 spiro atoms. The number of aromatic nitrogens is 2. The van der Waals surface area contributed by atoms with Crippen molar-refractivity contribution in [3.63, 3.8) is 0 Å². The maximum absolute atomic E-state index is 12.3. The molecule has 120 valence electrons. The first-order valence-corrected chi connectivity index (χ1v) is 7.86. The molecule has 0 radical (unpaired) electrons. The normalized spacial score (nSPS) is 14.9. The number of hydrogen-bond acceptors (Lipinski definition) is 4. The summed E-state index contributed by atoms with van der Waals surface area (Å²) in [6.45, 7) is 0.735. The van der Waals surface area contributed by atoms with Crippen LogP contribution >= 0.6 is 11.6 Å². The highest BCUT2D eigenvalue weighted by Crippen LogP contribution is 2.22. The summed E-state index contributed by atoms with van der Waals surface area (Å²) in [5.41, 5.74) is 1.54. The molecule has 1 N–H and O–H groups in total. The van der Waals surface area contributed by atoms with Crippen molar-refractivity contribution < 1.29 is 4.79 Å². The molecule has 1 aliphatic heterocycles. The lowest BCUT2D eigenvalue weighted by molar-refractivity contribution is -0.119. The van der Waals surface area contributed by atoms with Crippen molar-refractivity contribution in [3.8, 4) is 5.69 Å². The van der Waals surface area contributed by atoms with Crippen LogP contribution in [0.2, 0.25) is 5.02 Å². The number of halogens is 1. The Hall–Kier alpha value is -2.34. The third kappa shape index (κ3) is 2.94. The predicted molar refractivity (Wildman–Crippen MR) is 90.6 cm³/mol. The Kier molecular flexibility index (Phi) is 4.34. The van der Waals surface area contributed by atoms with E-state index in [9.17, 15) is 9.59 Å². The molecule has 1 fully saturated rings. The number of anilines is 2. The van der Waals surface area contributed by atoms with Crippen LogP contribution in [-0.2, 0) is 4.79 Å². The lowest BCUT2D eigenvalue weighted by Gasteiger charge is -2.26. The Morgan fingerprint density at radius 1 is 1.13 bits per heavy atom. The van der Waals surface area contributed by atoms with Crippen molar-refractivity contribution >= 4 is 28.9 Å². The van der Waals surface area contributed by atoms with E-state index in [-0.39, 0.29) is 16.5 Å². The van der Waals surface area contributed by atoms with E-state index in [0.717, 1.165) is 25.1 Å². The Morgan fingerprint density at radius 3 is 2.48 bits per heavy atom. The fourth-order valence-corrected chi connectivity index (χ4v) is 2.87. The molecule has 6 nitrogen and oxygen atoms in total. The summed E-state index contributed by atoms with van der Waals surface area (Å²) < 4.78 is 1.24. The van der Waals surface area contributed by atoms with Crippen molar-refractivity contribution in [2.75, 3.05) is 23.8 Å². The third-order valence-electron chi connectivity index (χ3n) is 3.92. The van der Waals surface area contributed by atoms with Gasteiger partial charge in [-0.2, -0.15) is 9.78 Å². The quantitative estimate of drug-likeness (QED) is 0.937. The van der Waals surface area contributed by atoms with E-state index in [0.29, 0.717) is 17.8 Å². The molecule has 1 aliphatic rings. The molecule has 1 aromatic heterocycles. The summed E-state index contributed by atoms with van der Waals surface area (Å²) >= 11 is 6.03. The van der Waals surface area contributed by atoms with Gasteiger partial charge in [0.05, 0.1) is 17.6 Å². The Bertz CT molecular complexity index is 786. The summed E-state index contributed by atoms with van der Waals surface area (Å²) in [6, 6.07) is 7.18. The van der Waals surface area contributed by atoms with Crippen LogP contribution in [0.25, 0.3) is 5.69 Å². The van der Waals surface area contributed by atoms with Crippen LogP contribution in [0.4, 0.5) is 11.4 Å². The zero-order chi connectivity index (χ0) is 16.4. The van der Waals surface area contributed by atoms with Gasteiger partial charge in [-0.05, 0) is 37.1 Å². The number of hydrogen-bond donors (Lipinski definition) is 1. The van der Waals surface area contributed by atoms with Gasteiger partial charge in [0.15, 0.2) is 0 Å². The maximum atomic E-state index is 12.3. The fourth-order valence-electron chi connectivity index (χ4n) is 2.64. The van der Waals surface area contributed by atoms with Gasteiger partial charge in [-0.1, -0.05) is 11.6 Å². The molecular weight excluding hydrogens is 316 g/mol. The van der Waals surface area contributed by atoms with E-state index in [1.165, 1.54) is 10.9 Å². The molecule has 1 amide bonds. The molecule has 3 rings (SSSR count). The lowest BCUT2D eigenvalue weighted by Crippen LogP contribution is -2.35. The fraction of sp³-hybridized carbons (Fsp3) is 0.312. The minimum atomic E-state index is -0.389. The number of carbonyl (C=O) groups is 1. The maximum Gasteiger partial charge on any atom is 0.292 e. The molecule has 2 heterocycles. The van der Waals surface area contributed by atoms with Gasteiger partial charge in [-0.15, -0.1) is 0 Å². The summed E-state index contributed by atoms with van der Waals surface area (Å²) in [7, 11) is 1.68. The highest BCUT2D eigenvalue weighted by molar-refractivity contribution is 6.32. The highest BCUT2D eigenvalue weighted by atomic mass is 35.5. The van der Waals surface area contributed by atoms with E-state index in [1.54, 1.807) is 24.1 Å². The second-order valence-electron chi connectivity index (χ2n) is 5.36. The van der Waals surface area contributed by atoms with Crippen molar-refractivity contribution in [3.05, 3.63) is 45.8 Å². The summed E-state index contributed by atoms with van der Waals surface area (Å²) in [4.78, 5) is 26.0. The topological polar surface area (TPSA) is 67.2 Å². The van der Waals surface area contributed by atoms with Crippen LogP contribution in [0, 0.1) is 0 Å². The minimum absolute atomic E-state index is 0.0952. The van der Waals surface area contributed by atoms with E-state index >= 15 is 0 Å². The van der Waals surface area contributed by atoms with Crippen LogP contribution in [0.5, 0.6) is 0 Å². The van der Waals surface area contributed by atoms with Crippen LogP contribution < -0.4 is 15.8 Å². The Balaban J connectivity index is 1.92. The average Bonchev–Trinajstić information content (AvgIpc) is 2.58. The van der Waals surface area contributed by atoms with Crippen LogP contribution in [0.15, 0.2) is 35.3 Å². The first-order valence-electron chi connectivity index (χ1n) is 7.48. The lowest BCUT2D eigenvalue weighted by atomic mass is 10.1. The number of piperidine rings is 1. The van der Waals surface area contributed by atoms with Gasteiger partial charge < -0.3 is 10.2 Å². The van der Waals surface area contributed by atoms with Crippen molar-refractivity contribution in [2.24, 2.45) is 0 Å². The Morgan fingerprint density at radius 2 is 1.83 bits per heavy atom. The van der Waals surface area contributed by atoms with E-state index < -0.39 is 0 Å². The number of nitrogens with zero attached hydrogens (tertiary/aromatic N) is 3. The molecule has 23 heavy (non-hydrogen) atoms. The van der Waals surface area contributed by atoms with Crippen LogP contribution in [0.1, 0.15) is 19.3 Å². The van der Waals surface area contributed by atoms with Crippen LogP contribution in [0.3, 0.4) is 0 Å². The standard InChI is InChI=1S/C16H17ClN4O2/c1-18-13-10-19-21(16(23)15(13)17)12-7-5-11(6-8-12)20-9-3-2-4-14(20)22/h5-8,10,18H,2-4,9H2,1H3. The van der Waals surface area contributed by atoms with E-state index in [2.05, 4.69) is 10.4 Å². The predicted octanol–water partition coefficient (Wildman–Crippen LogP) is 2.44. The van der Waals surface area contributed by atoms with Crippen molar-refractivity contribution in [1.29, 1.82) is 0 Å². The minimum Gasteiger partial charge on any atom is -0.385 e. The second kappa shape index (κ2) is 6.42. The third-order valence-corrected chi connectivity index (χ3v) is 4.28. The molecule has 0 bridgehead atoms. The van der Waals surface area contributed by atoms with Gasteiger partial charge >= 0.3 is 0 Å². The molecular formula is C16H17ClN4O2. The van der Waals surface area contributed by atoms with Gasteiger partial charge in [-0.25, -0.2) is 0 Å². The second-order valence-corrected chi connectivity index (χ2v) is 5.74. The first-order chi connectivity index (χ1) is 11.1. The largest absolute Gasteiger partial charge is 0.385 e. The van der Waals surface area contributed by atoms with Crippen molar-refractivity contribution in [1.82, 2.24) is 9.78 Å². The SMILES string of the molecule is CNc1cnn(-c2ccc(N3CCCCC3=O)cc2)c(=O)c1Cl. The van der Waals surface area contributed by atoms with Crippen molar-refractivity contribution in [2.45, 2.75) is 19.3 Å². The molecule has 0 aliphatic carbocycles. The van der Waals surface area contributed by atoms with Gasteiger partial charge in [0.2, 0.25) is 5.91 Å². The molecule has 0 atom stereocenters. The van der Waals surface area contributed by atoms with Crippen LogP contribution in [-0.4, -0.2) is 29.3 Å². The molecule has 0 unspecified atom stereocenters. The monoisotopic (exact) mass is 332 g/mol. The van der Waals surface area contributed by atoms with E-state index in [1.807, 2.05) is 12.1 Å².